The zero-order chi connectivity index (χ0) is 20.8. The van der Waals surface area contributed by atoms with Crippen LogP contribution < -0.4 is 4.74 Å². The predicted molar refractivity (Wildman–Crippen MR) is 102 cm³/mol. The zero-order valence-electron chi connectivity index (χ0n) is 16.1. The maximum atomic E-state index is 13.0. The fourth-order valence-electron chi connectivity index (χ4n) is 3.61. The van der Waals surface area contributed by atoms with Gasteiger partial charge >= 0.3 is 0 Å². The predicted octanol–water partition coefficient (Wildman–Crippen LogP) is 1.17. The molecule has 1 unspecified atom stereocenters. The lowest BCUT2D eigenvalue weighted by Crippen LogP contribution is -2.42. The fraction of sp³-hybridized carbons (Fsp3) is 0.368. The molecule has 0 radical (unpaired) electrons. The van der Waals surface area contributed by atoms with Crippen molar-refractivity contribution in [1.29, 1.82) is 0 Å². The summed E-state index contributed by atoms with van der Waals surface area (Å²) in [6.45, 7) is 2.89. The Bertz CT molecular complexity index is 1060. The van der Waals surface area contributed by atoms with Gasteiger partial charge in [0.2, 0.25) is 5.16 Å². The van der Waals surface area contributed by atoms with Crippen molar-refractivity contribution in [1.82, 2.24) is 18.8 Å². The summed E-state index contributed by atoms with van der Waals surface area (Å²) in [4.78, 5) is 18.3. The second kappa shape index (κ2) is 7.27. The number of carbonyl (C=O) groups excluding carboxylic acids is 1. The SMILES string of the molecule is CC(Oc1ccc(F)cc1)C(=O)N1CC2=C(C1)CN(S(=O)(=O)c1nccn1C)C2. The van der Waals surface area contributed by atoms with Crippen LogP contribution in [0.2, 0.25) is 0 Å². The highest BCUT2D eigenvalue weighted by atomic mass is 32.2. The molecule has 0 saturated heterocycles. The molecule has 1 aromatic carbocycles. The number of carbonyl (C=O) groups is 1. The van der Waals surface area contributed by atoms with Gasteiger partial charge in [0.05, 0.1) is 0 Å². The van der Waals surface area contributed by atoms with Crippen molar-refractivity contribution in [3.05, 3.63) is 53.6 Å². The van der Waals surface area contributed by atoms with Gasteiger partial charge in [0.1, 0.15) is 11.6 Å². The molecular weight excluding hydrogens is 399 g/mol. The first kappa shape index (κ1) is 19.6. The normalized spacial score (nSPS) is 18.2. The Morgan fingerprint density at radius 2 is 1.76 bits per heavy atom. The minimum atomic E-state index is -3.68. The Labute approximate surface area is 168 Å². The average molecular weight is 420 g/mol. The van der Waals surface area contributed by atoms with Gasteiger partial charge in [-0.15, -0.1) is 0 Å². The molecule has 0 N–H and O–H groups in total. The lowest BCUT2D eigenvalue weighted by molar-refractivity contribution is -0.136. The topological polar surface area (TPSA) is 84.7 Å². The largest absolute Gasteiger partial charge is 0.481 e. The molecule has 0 aliphatic carbocycles. The van der Waals surface area contributed by atoms with Gasteiger partial charge in [-0.25, -0.2) is 17.8 Å². The molecule has 1 amide bonds. The maximum absolute atomic E-state index is 13.0. The van der Waals surface area contributed by atoms with Crippen molar-refractivity contribution in [2.45, 2.75) is 18.2 Å². The van der Waals surface area contributed by atoms with E-state index in [1.807, 2.05) is 0 Å². The van der Waals surface area contributed by atoms with Crippen LogP contribution in [0, 0.1) is 5.82 Å². The number of halogens is 1. The molecule has 0 saturated carbocycles. The summed E-state index contributed by atoms with van der Waals surface area (Å²) in [7, 11) is -2.04. The number of ether oxygens (including phenoxy) is 1. The quantitative estimate of drug-likeness (QED) is 0.678. The van der Waals surface area contributed by atoms with Gasteiger partial charge in [-0.05, 0) is 42.3 Å². The van der Waals surface area contributed by atoms with Crippen molar-refractivity contribution in [3.8, 4) is 5.75 Å². The minimum absolute atomic E-state index is 0.00734. The molecule has 8 nitrogen and oxygen atoms in total. The Morgan fingerprint density at radius 1 is 1.14 bits per heavy atom. The highest BCUT2D eigenvalue weighted by Crippen LogP contribution is 2.30. The molecule has 1 atom stereocenters. The summed E-state index contributed by atoms with van der Waals surface area (Å²) >= 11 is 0. The van der Waals surface area contributed by atoms with Gasteiger partial charge in [0.15, 0.2) is 6.10 Å². The van der Waals surface area contributed by atoms with Crippen LogP contribution in [0.3, 0.4) is 0 Å². The molecule has 0 spiro atoms. The van der Waals surface area contributed by atoms with Crippen LogP contribution in [0.15, 0.2) is 53.0 Å². The standard InChI is InChI=1S/C19H21FN4O4S/c1-13(28-17-5-3-16(20)4-6-17)18(25)23-9-14-11-24(12-15(14)10-23)29(26,27)19-21-7-8-22(19)2/h3-8,13H,9-12H2,1-2H3. The van der Waals surface area contributed by atoms with Crippen molar-refractivity contribution in [2.24, 2.45) is 7.05 Å². The number of sulfonamides is 1. The van der Waals surface area contributed by atoms with E-state index in [0.717, 1.165) is 11.1 Å². The third-order valence-corrected chi connectivity index (χ3v) is 6.92. The lowest BCUT2D eigenvalue weighted by atomic mass is 10.2. The van der Waals surface area contributed by atoms with Crippen LogP contribution in [0.25, 0.3) is 0 Å². The van der Waals surface area contributed by atoms with Crippen LogP contribution in [-0.2, 0) is 21.9 Å². The summed E-state index contributed by atoms with van der Waals surface area (Å²) in [6.07, 6.45) is 2.31. The second-order valence-electron chi connectivity index (χ2n) is 7.21. The Kier molecular flexibility index (Phi) is 4.91. The molecule has 10 heteroatoms. The van der Waals surface area contributed by atoms with E-state index in [4.69, 9.17) is 4.74 Å². The van der Waals surface area contributed by atoms with Crippen LogP contribution in [-0.4, -0.2) is 65.4 Å². The van der Waals surface area contributed by atoms with E-state index in [2.05, 4.69) is 4.98 Å². The molecule has 2 aromatic rings. The number of benzene rings is 1. The number of hydrogen-bond donors (Lipinski definition) is 0. The van der Waals surface area contributed by atoms with Crippen molar-refractivity contribution in [2.75, 3.05) is 26.2 Å². The van der Waals surface area contributed by atoms with Crippen LogP contribution in [0.5, 0.6) is 5.75 Å². The number of rotatable bonds is 5. The number of aryl methyl sites for hydroxylation is 1. The van der Waals surface area contributed by atoms with E-state index >= 15 is 0 Å². The highest BCUT2D eigenvalue weighted by Gasteiger charge is 2.39. The van der Waals surface area contributed by atoms with E-state index in [-0.39, 0.29) is 30.0 Å². The molecule has 154 valence electrons. The Morgan fingerprint density at radius 3 is 2.31 bits per heavy atom. The molecule has 0 fully saturated rings. The molecule has 29 heavy (non-hydrogen) atoms. The Balaban J connectivity index is 1.37. The lowest BCUT2D eigenvalue weighted by Gasteiger charge is -2.25. The summed E-state index contributed by atoms with van der Waals surface area (Å²) in [5.74, 6) is -0.150. The van der Waals surface area contributed by atoms with Crippen molar-refractivity contribution < 1.29 is 22.3 Å². The fourth-order valence-corrected chi connectivity index (χ4v) is 5.11. The van der Waals surface area contributed by atoms with Gasteiger partial charge in [-0.1, -0.05) is 0 Å². The molecule has 2 aliphatic heterocycles. The number of aromatic nitrogens is 2. The summed E-state index contributed by atoms with van der Waals surface area (Å²) in [5.41, 5.74) is 1.87. The van der Waals surface area contributed by atoms with Gasteiger partial charge in [-0.2, -0.15) is 4.31 Å². The Hall–Kier alpha value is -2.72. The minimum Gasteiger partial charge on any atom is -0.481 e. The number of hydrogen-bond acceptors (Lipinski definition) is 5. The summed E-state index contributed by atoms with van der Waals surface area (Å²) < 4.78 is 47.0. The smallest absolute Gasteiger partial charge is 0.277 e. The van der Waals surface area contributed by atoms with Crippen LogP contribution in [0.1, 0.15) is 6.92 Å². The third-order valence-electron chi connectivity index (χ3n) is 5.13. The van der Waals surface area contributed by atoms with Crippen molar-refractivity contribution >= 4 is 15.9 Å². The van der Waals surface area contributed by atoms with E-state index in [1.54, 1.807) is 25.1 Å². The average Bonchev–Trinajstić information content (AvgIpc) is 3.37. The number of nitrogens with zero attached hydrogens (tertiary/aromatic N) is 4. The van der Waals surface area contributed by atoms with E-state index in [9.17, 15) is 17.6 Å². The van der Waals surface area contributed by atoms with Crippen LogP contribution in [0.4, 0.5) is 4.39 Å². The monoisotopic (exact) mass is 420 g/mol. The molecule has 2 aliphatic rings. The van der Waals surface area contributed by atoms with E-state index in [0.29, 0.717) is 18.8 Å². The van der Waals surface area contributed by atoms with Crippen molar-refractivity contribution in [3.63, 3.8) is 0 Å². The third kappa shape index (κ3) is 3.65. The van der Waals surface area contributed by atoms with E-state index < -0.39 is 16.1 Å². The first-order chi connectivity index (χ1) is 13.8. The van der Waals surface area contributed by atoms with Crippen LogP contribution >= 0.6 is 0 Å². The molecule has 3 heterocycles. The first-order valence-corrected chi connectivity index (χ1v) is 10.6. The van der Waals surface area contributed by atoms with Gasteiger partial charge < -0.3 is 14.2 Å². The summed E-state index contributed by atoms with van der Waals surface area (Å²) in [6, 6.07) is 5.49. The molecule has 1 aromatic heterocycles. The van der Waals surface area contributed by atoms with Gasteiger partial charge in [0, 0.05) is 45.6 Å². The highest BCUT2D eigenvalue weighted by molar-refractivity contribution is 7.89. The number of imidazole rings is 1. The zero-order valence-corrected chi connectivity index (χ0v) is 16.9. The van der Waals surface area contributed by atoms with E-state index in [1.165, 1.54) is 39.3 Å². The second-order valence-corrected chi connectivity index (χ2v) is 9.04. The first-order valence-electron chi connectivity index (χ1n) is 9.14. The van der Waals surface area contributed by atoms with Gasteiger partial charge in [0.25, 0.3) is 15.9 Å². The molecule has 0 bridgehead atoms. The molecular formula is C19H21FN4O4S. The summed E-state index contributed by atoms with van der Waals surface area (Å²) in [5, 5.41) is 0.00734. The number of amides is 1. The maximum Gasteiger partial charge on any atom is 0.277 e. The molecule has 4 rings (SSSR count). The van der Waals surface area contributed by atoms with Gasteiger partial charge in [-0.3, -0.25) is 4.79 Å².